The van der Waals surface area contributed by atoms with Crippen molar-refractivity contribution in [3.63, 3.8) is 0 Å². The maximum Gasteiger partial charge on any atom is 0.472 e. The van der Waals surface area contributed by atoms with Gasteiger partial charge in [-0.2, -0.15) is 0 Å². The van der Waals surface area contributed by atoms with Crippen LogP contribution in [0.3, 0.4) is 0 Å². The van der Waals surface area contributed by atoms with Crippen molar-refractivity contribution in [2.75, 3.05) is 11.9 Å². The van der Waals surface area contributed by atoms with E-state index in [1.807, 2.05) is 5.32 Å². The number of carbonyl (C=O) groups is 2. The number of ether oxygens (including phenoxy) is 2. The first-order valence-electron chi connectivity index (χ1n) is 7.70. The smallest absolute Gasteiger partial charge is 0.465 e. The van der Waals surface area contributed by atoms with Gasteiger partial charge in [-0.15, -0.1) is 0 Å². The van der Waals surface area contributed by atoms with E-state index in [9.17, 15) is 24.4 Å². The molecule has 1 aromatic rings. The van der Waals surface area contributed by atoms with Crippen molar-refractivity contribution in [3.05, 3.63) is 29.8 Å². The number of para-hydroxylation sites is 1. The number of esters is 1. The standard InChI is InChI=1S/C14H18NO12P/c16-5-8-9(17)10(18)11(13(25-8)27-28(22,23)24)26-12(19)6-3-1-2-4-7(6)15-14(20)21/h1-4,8-11,13,15-18H,5H2,(H,20,21)(H2,22,23,24)/t8-,9-,10+,11-,13-/m1/s1. The van der Waals surface area contributed by atoms with Crippen molar-refractivity contribution in [1.29, 1.82) is 0 Å². The molecule has 0 saturated carbocycles. The lowest BCUT2D eigenvalue weighted by Gasteiger charge is -2.41. The summed E-state index contributed by atoms with van der Waals surface area (Å²) in [7, 11) is -5.18. The normalized spacial score (nSPS) is 27.8. The molecule has 1 aliphatic rings. The molecule has 1 saturated heterocycles. The summed E-state index contributed by atoms with van der Waals surface area (Å²) >= 11 is 0. The Balaban J connectivity index is 2.28. The van der Waals surface area contributed by atoms with E-state index in [1.54, 1.807) is 0 Å². The molecule has 7 N–H and O–H groups in total. The maximum absolute atomic E-state index is 12.4. The first-order chi connectivity index (χ1) is 13.0. The van der Waals surface area contributed by atoms with Crippen molar-refractivity contribution in [3.8, 4) is 0 Å². The zero-order valence-electron chi connectivity index (χ0n) is 14.0. The topological polar surface area (TPSA) is 212 Å². The Morgan fingerprint density at radius 3 is 2.39 bits per heavy atom. The number of phosphoric acid groups is 1. The van der Waals surface area contributed by atoms with Gasteiger partial charge in [-0.25, -0.2) is 14.2 Å². The second kappa shape index (κ2) is 8.94. The summed E-state index contributed by atoms with van der Waals surface area (Å²) in [6.07, 6.45) is -10.6. The minimum atomic E-state index is -5.18. The van der Waals surface area contributed by atoms with Crippen molar-refractivity contribution < 1.29 is 58.4 Å². The lowest BCUT2D eigenvalue weighted by molar-refractivity contribution is -0.279. The van der Waals surface area contributed by atoms with E-state index < -0.39 is 57.2 Å². The number of carbonyl (C=O) groups excluding carboxylic acids is 1. The summed E-state index contributed by atoms with van der Waals surface area (Å²) < 4.78 is 25.4. The van der Waals surface area contributed by atoms with Crippen LogP contribution in [0.25, 0.3) is 0 Å². The fourth-order valence-corrected chi connectivity index (χ4v) is 2.91. The van der Waals surface area contributed by atoms with Crippen LogP contribution in [0, 0.1) is 0 Å². The number of phosphoric ester groups is 1. The molecule has 28 heavy (non-hydrogen) atoms. The number of aliphatic hydroxyl groups excluding tert-OH is 3. The molecule has 0 unspecified atom stereocenters. The summed E-state index contributed by atoms with van der Waals surface area (Å²) in [5, 5.41) is 40.0. The van der Waals surface area contributed by atoms with Gasteiger partial charge in [-0.1, -0.05) is 12.1 Å². The summed E-state index contributed by atoms with van der Waals surface area (Å²) in [4.78, 5) is 41.2. The lowest BCUT2D eigenvalue weighted by Crippen LogP contribution is -2.60. The van der Waals surface area contributed by atoms with Gasteiger partial charge in [0.25, 0.3) is 0 Å². The van der Waals surface area contributed by atoms with Crippen molar-refractivity contribution in [1.82, 2.24) is 0 Å². The van der Waals surface area contributed by atoms with Crippen LogP contribution in [0.15, 0.2) is 24.3 Å². The molecule has 156 valence electrons. The highest BCUT2D eigenvalue weighted by atomic mass is 31.2. The third kappa shape index (κ3) is 5.47. The molecule has 1 fully saturated rings. The van der Waals surface area contributed by atoms with Crippen LogP contribution in [-0.2, 0) is 18.6 Å². The fraction of sp³-hybridized carbons (Fsp3) is 0.429. The monoisotopic (exact) mass is 423 g/mol. The largest absolute Gasteiger partial charge is 0.472 e. The summed E-state index contributed by atoms with van der Waals surface area (Å²) in [6.45, 7) is -0.828. The minimum absolute atomic E-state index is 0.160. The van der Waals surface area contributed by atoms with Crippen molar-refractivity contribution in [2.24, 2.45) is 0 Å². The molecular formula is C14H18NO12P. The van der Waals surface area contributed by atoms with Crippen molar-refractivity contribution in [2.45, 2.75) is 30.7 Å². The predicted molar refractivity (Wildman–Crippen MR) is 88.2 cm³/mol. The molecule has 13 nitrogen and oxygen atoms in total. The van der Waals surface area contributed by atoms with E-state index >= 15 is 0 Å². The van der Waals surface area contributed by atoms with Gasteiger partial charge in [-0.3, -0.25) is 9.84 Å². The van der Waals surface area contributed by atoms with E-state index in [0.29, 0.717) is 0 Å². The summed E-state index contributed by atoms with van der Waals surface area (Å²) in [5.41, 5.74) is -0.446. The zero-order valence-corrected chi connectivity index (χ0v) is 14.9. The molecule has 1 amide bonds. The third-order valence-corrected chi connectivity index (χ3v) is 4.18. The van der Waals surface area contributed by atoms with E-state index in [-0.39, 0.29) is 11.3 Å². The number of hydrogen-bond donors (Lipinski definition) is 7. The number of carboxylic acid groups (broad SMARTS) is 1. The number of rotatable bonds is 6. The van der Waals surface area contributed by atoms with Gasteiger partial charge in [0.05, 0.1) is 17.9 Å². The Morgan fingerprint density at radius 1 is 1.18 bits per heavy atom. The molecule has 1 aromatic carbocycles. The Hall–Kier alpha value is -2.09. The van der Waals surface area contributed by atoms with Crippen LogP contribution in [0.1, 0.15) is 10.4 Å². The molecule has 2 rings (SSSR count). The third-order valence-electron chi connectivity index (χ3n) is 3.70. The highest BCUT2D eigenvalue weighted by molar-refractivity contribution is 7.46. The van der Waals surface area contributed by atoms with Gasteiger partial charge in [0.15, 0.2) is 6.10 Å². The molecule has 14 heteroatoms. The molecular weight excluding hydrogens is 405 g/mol. The molecule has 1 aliphatic heterocycles. The Kier molecular flexibility index (Phi) is 7.09. The van der Waals surface area contributed by atoms with Gasteiger partial charge in [0.2, 0.25) is 6.29 Å². The van der Waals surface area contributed by atoms with E-state index in [0.717, 1.165) is 0 Å². The first-order valence-corrected chi connectivity index (χ1v) is 9.23. The molecule has 0 aromatic heterocycles. The van der Waals surface area contributed by atoms with Gasteiger partial charge < -0.3 is 39.7 Å². The number of anilines is 1. The summed E-state index contributed by atoms with van der Waals surface area (Å²) in [6, 6.07) is 5.25. The maximum atomic E-state index is 12.4. The molecule has 0 spiro atoms. The molecule has 0 bridgehead atoms. The minimum Gasteiger partial charge on any atom is -0.465 e. The second-order valence-corrected chi connectivity index (χ2v) is 6.84. The summed E-state index contributed by atoms with van der Waals surface area (Å²) in [5.74, 6) is -1.20. The van der Waals surface area contributed by atoms with Crippen LogP contribution < -0.4 is 5.32 Å². The SMILES string of the molecule is O=C(O)Nc1ccccc1C(=O)O[C@H]1[C@@H](OP(=O)(O)O)O[C@H](CO)[C@@H](O)[C@@H]1O. The number of hydrogen-bond acceptors (Lipinski definition) is 9. The van der Waals surface area contributed by atoms with Gasteiger partial charge in [0, 0.05) is 0 Å². The average molecular weight is 423 g/mol. The zero-order chi connectivity index (χ0) is 21.1. The van der Waals surface area contributed by atoms with Crippen LogP contribution >= 0.6 is 7.82 Å². The molecule has 1 heterocycles. The predicted octanol–water partition coefficient (Wildman–Crippen LogP) is -1.15. The lowest BCUT2D eigenvalue weighted by atomic mass is 9.99. The number of nitrogens with one attached hydrogen (secondary N) is 1. The van der Waals surface area contributed by atoms with E-state index in [2.05, 4.69) is 4.52 Å². The van der Waals surface area contributed by atoms with Crippen LogP contribution in [0.5, 0.6) is 0 Å². The molecule has 0 radical (unpaired) electrons. The highest BCUT2D eigenvalue weighted by Gasteiger charge is 2.49. The average Bonchev–Trinajstić information content (AvgIpc) is 2.59. The Morgan fingerprint density at radius 2 is 1.82 bits per heavy atom. The van der Waals surface area contributed by atoms with Gasteiger partial charge in [0.1, 0.15) is 18.3 Å². The van der Waals surface area contributed by atoms with E-state index in [4.69, 9.17) is 29.5 Å². The van der Waals surface area contributed by atoms with Crippen molar-refractivity contribution >= 4 is 25.6 Å². The van der Waals surface area contributed by atoms with Crippen LogP contribution in [0.4, 0.5) is 10.5 Å². The molecule has 5 atom stereocenters. The van der Waals surface area contributed by atoms with Crippen LogP contribution in [0.2, 0.25) is 0 Å². The fourth-order valence-electron chi connectivity index (χ4n) is 2.47. The van der Waals surface area contributed by atoms with Gasteiger partial charge >= 0.3 is 19.9 Å². The first kappa shape index (κ1) is 22.2. The number of benzene rings is 1. The number of aliphatic hydroxyl groups is 3. The number of amides is 1. The van der Waals surface area contributed by atoms with Crippen LogP contribution in [-0.4, -0.2) is 79.6 Å². The quantitative estimate of drug-likeness (QED) is 0.213. The Bertz CT molecular complexity index is 766. The van der Waals surface area contributed by atoms with E-state index in [1.165, 1.54) is 24.3 Å². The Labute approximate surface area is 157 Å². The molecule has 0 aliphatic carbocycles. The second-order valence-electron chi connectivity index (χ2n) is 5.65. The highest BCUT2D eigenvalue weighted by Crippen LogP contribution is 2.41. The van der Waals surface area contributed by atoms with Gasteiger partial charge in [-0.05, 0) is 12.1 Å².